The summed E-state index contributed by atoms with van der Waals surface area (Å²) in [6.07, 6.45) is 0.565. The van der Waals surface area contributed by atoms with E-state index in [4.69, 9.17) is 10.5 Å². The first kappa shape index (κ1) is 14.3. The van der Waals surface area contributed by atoms with Gasteiger partial charge in [-0.2, -0.15) is 0 Å². The van der Waals surface area contributed by atoms with E-state index in [-0.39, 0.29) is 11.8 Å². The maximum Gasteiger partial charge on any atom is 0.249 e. The highest BCUT2D eigenvalue weighted by molar-refractivity contribution is 6.02. The van der Waals surface area contributed by atoms with Crippen LogP contribution in [0.25, 0.3) is 0 Å². The van der Waals surface area contributed by atoms with E-state index in [1.54, 1.807) is 25.0 Å². The van der Waals surface area contributed by atoms with Gasteiger partial charge in [-0.3, -0.25) is 9.59 Å². The number of amides is 2. The number of methoxy groups -OCH3 is 1. The monoisotopic (exact) mass is 277 g/mol. The summed E-state index contributed by atoms with van der Waals surface area (Å²) in [6, 6.07) is 6.18. The van der Waals surface area contributed by atoms with E-state index in [2.05, 4.69) is 5.32 Å². The molecule has 1 fully saturated rings. The number of para-hydroxylation sites is 2. The number of nitrogens with one attached hydrogen (secondary N) is 1. The summed E-state index contributed by atoms with van der Waals surface area (Å²) < 4.78 is 5.26. The molecule has 108 valence electrons. The van der Waals surface area contributed by atoms with Crippen LogP contribution in [0.15, 0.2) is 24.3 Å². The van der Waals surface area contributed by atoms with Crippen LogP contribution in [-0.4, -0.2) is 37.6 Å². The lowest BCUT2D eigenvalue weighted by atomic mass is 10.2. The quantitative estimate of drug-likeness (QED) is 0.827. The molecule has 1 heterocycles. The Balaban J connectivity index is 2.13. The van der Waals surface area contributed by atoms with E-state index in [0.717, 1.165) is 5.69 Å². The van der Waals surface area contributed by atoms with Crippen molar-refractivity contribution in [2.75, 3.05) is 18.6 Å². The predicted octanol–water partition coefficient (Wildman–Crippen LogP) is 0.264. The summed E-state index contributed by atoms with van der Waals surface area (Å²) in [5.74, 6) is 0.189. The predicted molar refractivity (Wildman–Crippen MR) is 75.5 cm³/mol. The second-order valence-electron chi connectivity index (χ2n) is 4.80. The smallest absolute Gasteiger partial charge is 0.249 e. The number of hydrogen-bond acceptors (Lipinski definition) is 4. The lowest BCUT2D eigenvalue weighted by Gasteiger charge is -2.20. The first-order valence-electron chi connectivity index (χ1n) is 6.55. The number of benzene rings is 1. The van der Waals surface area contributed by atoms with Crippen LogP contribution in [0.2, 0.25) is 0 Å². The highest BCUT2D eigenvalue weighted by atomic mass is 16.5. The first-order valence-corrected chi connectivity index (χ1v) is 6.55. The third-order valence-electron chi connectivity index (χ3n) is 3.31. The number of nitrogens with zero attached hydrogens (tertiary/aromatic N) is 1. The van der Waals surface area contributed by atoms with Gasteiger partial charge in [0, 0.05) is 6.54 Å². The van der Waals surface area contributed by atoms with Crippen molar-refractivity contribution in [1.29, 1.82) is 0 Å². The van der Waals surface area contributed by atoms with Crippen molar-refractivity contribution in [3.8, 4) is 5.75 Å². The van der Waals surface area contributed by atoms with Gasteiger partial charge in [-0.25, -0.2) is 0 Å². The molecule has 6 heteroatoms. The molecule has 2 rings (SSSR count). The molecule has 1 aliphatic heterocycles. The van der Waals surface area contributed by atoms with E-state index in [1.807, 2.05) is 18.2 Å². The minimum Gasteiger partial charge on any atom is -0.495 e. The van der Waals surface area contributed by atoms with Crippen molar-refractivity contribution >= 4 is 17.5 Å². The molecule has 20 heavy (non-hydrogen) atoms. The largest absolute Gasteiger partial charge is 0.495 e. The van der Waals surface area contributed by atoms with E-state index in [0.29, 0.717) is 18.7 Å². The Bertz CT molecular complexity index is 516. The summed E-state index contributed by atoms with van der Waals surface area (Å²) in [5, 5.41) is 2.67. The van der Waals surface area contributed by atoms with Crippen molar-refractivity contribution in [2.24, 2.45) is 5.73 Å². The molecule has 1 unspecified atom stereocenters. The van der Waals surface area contributed by atoms with E-state index < -0.39 is 12.1 Å². The molecular weight excluding hydrogens is 258 g/mol. The van der Waals surface area contributed by atoms with Crippen LogP contribution in [0.3, 0.4) is 0 Å². The van der Waals surface area contributed by atoms with E-state index in [1.165, 1.54) is 0 Å². The normalized spacial score (nSPS) is 19.9. The first-order chi connectivity index (χ1) is 9.54. The van der Waals surface area contributed by atoms with Crippen LogP contribution in [0.1, 0.15) is 13.3 Å². The minimum absolute atomic E-state index is 0.136. The second-order valence-corrected chi connectivity index (χ2v) is 4.80. The molecule has 0 radical (unpaired) electrons. The summed E-state index contributed by atoms with van der Waals surface area (Å²) in [7, 11) is 1.56. The Kier molecular flexibility index (Phi) is 4.24. The lowest BCUT2D eigenvalue weighted by Crippen LogP contribution is -2.47. The Hall–Kier alpha value is -2.08. The van der Waals surface area contributed by atoms with E-state index in [9.17, 15) is 9.59 Å². The van der Waals surface area contributed by atoms with Crippen molar-refractivity contribution in [3.05, 3.63) is 24.3 Å². The number of carbonyl (C=O) groups excluding carboxylic acids is 2. The van der Waals surface area contributed by atoms with Gasteiger partial charge >= 0.3 is 0 Å². The van der Waals surface area contributed by atoms with Crippen LogP contribution in [0.5, 0.6) is 5.75 Å². The fourth-order valence-corrected chi connectivity index (χ4v) is 2.21. The second kappa shape index (κ2) is 5.92. The maximum atomic E-state index is 12.3. The fourth-order valence-electron chi connectivity index (χ4n) is 2.21. The van der Waals surface area contributed by atoms with Crippen molar-refractivity contribution in [3.63, 3.8) is 0 Å². The summed E-state index contributed by atoms with van der Waals surface area (Å²) in [5.41, 5.74) is 6.21. The molecule has 0 spiro atoms. The Morgan fingerprint density at radius 2 is 2.20 bits per heavy atom. The van der Waals surface area contributed by atoms with Crippen LogP contribution < -0.4 is 20.7 Å². The molecular formula is C14H19N3O3. The van der Waals surface area contributed by atoms with Crippen molar-refractivity contribution in [2.45, 2.75) is 25.4 Å². The number of hydrogen-bond donors (Lipinski definition) is 2. The van der Waals surface area contributed by atoms with Gasteiger partial charge in [0.1, 0.15) is 11.8 Å². The maximum absolute atomic E-state index is 12.3. The Morgan fingerprint density at radius 1 is 1.50 bits per heavy atom. The molecule has 0 bridgehead atoms. The summed E-state index contributed by atoms with van der Waals surface area (Å²) in [4.78, 5) is 25.6. The van der Waals surface area contributed by atoms with Gasteiger partial charge in [-0.05, 0) is 25.5 Å². The highest BCUT2D eigenvalue weighted by Crippen LogP contribution is 2.30. The molecule has 0 saturated carbocycles. The van der Waals surface area contributed by atoms with Gasteiger partial charge in [0.2, 0.25) is 11.8 Å². The number of ether oxygens (including phenoxy) is 1. The van der Waals surface area contributed by atoms with Gasteiger partial charge in [0.15, 0.2) is 0 Å². The van der Waals surface area contributed by atoms with Crippen LogP contribution in [0, 0.1) is 0 Å². The zero-order valence-corrected chi connectivity index (χ0v) is 11.6. The highest BCUT2D eigenvalue weighted by Gasteiger charge is 2.35. The SMILES string of the molecule is COc1ccccc1N1CCC(NC(=O)[C@@H](C)N)C1=O. The van der Waals surface area contributed by atoms with Gasteiger partial charge in [-0.1, -0.05) is 12.1 Å². The molecule has 2 atom stereocenters. The molecule has 1 aliphatic rings. The summed E-state index contributed by atoms with van der Waals surface area (Å²) >= 11 is 0. The average Bonchev–Trinajstić information content (AvgIpc) is 2.80. The zero-order chi connectivity index (χ0) is 14.7. The van der Waals surface area contributed by atoms with Crippen LogP contribution in [-0.2, 0) is 9.59 Å². The molecule has 6 nitrogen and oxygen atoms in total. The Labute approximate surface area is 117 Å². The van der Waals surface area contributed by atoms with Crippen LogP contribution >= 0.6 is 0 Å². The van der Waals surface area contributed by atoms with E-state index >= 15 is 0 Å². The number of rotatable bonds is 4. The number of anilines is 1. The van der Waals surface area contributed by atoms with Crippen LogP contribution in [0.4, 0.5) is 5.69 Å². The van der Waals surface area contributed by atoms with Gasteiger partial charge in [0.25, 0.3) is 0 Å². The topological polar surface area (TPSA) is 84.7 Å². The lowest BCUT2D eigenvalue weighted by molar-refractivity contribution is -0.127. The fraction of sp³-hybridized carbons (Fsp3) is 0.429. The molecule has 1 aromatic carbocycles. The molecule has 0 aliphatic carbocycles. The summed E-state index contributed by atoms with van der Waals surface area (Å²) in [6.45, 7) is 2.13. The average molecular weight is 277 g/mol. The molecule has 2 amide bonds. The third-order valence-corrected chi connectivity index (χ3v) is 3.31. The molecule has 1 saturated heterocycles. The minimum atomic E-state index is -0.622. The zero-order valence-electron chi connectivity index (χ0n) is 11.6. The van der Waals surface area contributed by atoms with Gasteiger partial charge in [-0.15, -0.1) is 0 Å². The third kappa shape index (κ3) is 2.75. The Morgan fingerprint density at radius 3 is 2.85 bits per heavy atom. The van der Waals surface area contributed by atoms with Crippen molar-refractivity contribution in [1.82, 2.24) is 5.32 Å². The van der Waals surface area contributed by atoms with Gasteiger partial charge in [0.05, 0.1) is 18.8 Å². The molecule has 3 N–H and O–H groups in total. The standard InChI is InChI=1S/C14H19N3O3/c1-9(15)13(18)16-10-7-8-17(14(10)19)11-5-3-4-6-12(11)20-2/h3-6,9-10H,7-8,15H2,1-2H3,(H,16,18)/t9-,10?/m1/s1. The van der Waals surface area contributed by atoms with Gasteiger partial charge < -0.3 is 20.7 Å². The molecule has 0 aromatic heterocycles. The molecule has 1 aromatic rings. The van der Waals surface area contributed by atoms with Crippen molar-refractivity contribution < 1.29 is 14.3 Å². The number of carbonyl (C=O) groups is 2. The number of nitrogens with two attached hydrogens (primary N) is 1.